The summed E-state index contributed by atoms with van der Waals surface area (Å²) < 4.78 is 10.5. The third kappa shape index (κ3) is 2.07. The van der Waals surface area contributed by atoms with E-state index in [0.29, 0.717) is 17.1 Å². The average molecular weight is 311 g/mol. The molecule has 1 N–H and O–H groups in total. The largest absolute Gasteiger partial charge is 0.478 e. The molecule has 20 heavy (non-hydrogen) atoms. The van der Waals surface area contributed by atoms with Crippen molar-refractivity contribution in [3.05, 3.63) is 45.9 Å². The molecule has 1 aliphatic heterocycles. The van der Waals surface area contributed by atoms with Crippen LogP contribution in [0.2, 0.25) is 10.0 Å². The summed E-state index contributed by atoms with van der Waals surface area (Å²) in [5.74, 6) is 0.0882. The van der Waals surface area contributed by atoms with Gasteiger partial charge in [-0.25, -0.2) is 4.79 Å². The van der Waals surface area contributed by atoms with E-state index in [1.165, 1.54) is 6.07 Å². The molecule has 2 aromatic rings. The molecule has 0 amide bonds. The number of carbonyl (C=O) groups is 1. The van der Waals surface area contributed by atoms with Crippen LogP contribution in [0.5, 0.6) is 11.5 Å². The van der Waals surface area contributed by atoms with Gasteiger partial charge in [0.1, 0.15) is 0 Å². The lowest BCUT2D eigenvalue weighted by atomic mass is 10.0. The molecule has 2 aromatic carbocycles. The standard InChI is InChI=1S/C14H8Cl2O4/c15-9-3-2-8(13(16)12(9)14(17)18)7-1-4-10-11(5-7)20-6-19-10/h1-5H,6H2,(H,17,18). The molecule has 1 heterocycles. The van der Waals surface area contributed by atoms with Crippen LogP contribution in [0.4, 0.5) is 0 Å². The third-order valence-electron chi connectivity index (χ3n) is 2.99. The van der Waals surface area contributed by atoms with Crippen molar-refractivity contribution >= 4 is 29.2 Å². The molecule has 0 fully saturated rings. The lowest BCUT2D eigenvalue weighted by molar-refractivity contribution is 0.0697. The Morgan fingerprint density at radius 2 is 1.85 bits per heavy atom. The van der Waals surface area contributed by atoms with E-state index in [9.17, 15) is 4.79 Å². The van der Waals surface area contributed by atoms with Crippen LogP contribution in [0.15, 0.2) is 30.3 Å². The van der Waals surface area contributed by atoms with E-state index in [-0.39, 0.29) is 22.4 Å². The topological polar surface area (TPSA) is 55.8 Å². The zero-order valence-electron chi connectivity index (χ0n) is 10.0. The minimum atomic E-state index is -1.16. The van der Waals surface area contributed by atoms with Crippen molar-refractivity contribution in [3.63, 3.8) is 0 Å². The van der Waals surface area contributed by atoms with Crippen molar-refractivity contribution in [2.24, 2.45) is 0 Å². The summed E-state index contributed by atoms with van der Waals surface area (Å²) in [5.41, 5.74) is 1.20. The van der Waals surface area contributed by atoms with Gasteiger partial charge >= 0.3 is 5.97 Å². The molecule has 0 saturated carbocycles. The van der Waals surface area contributed by atoms with Gasteiger partial charge in [-0.05, 0) is 23.8 Å². The summed E-state index contributed by atoms with van der Waals surface area (Å²) in [4.78, 5) is 11.2. The van der Waals surface area contributed by atoms with E-state index in [2.05, 4.69) is 0 Å². The monoisotopic (exact) mass is 310 g/mol. The predicted molar refractivity (Wildman–Crippen MR) is 75.0 cm³/mol. The molecule has 0 aliphatic carbocycles. The first kappa shape index (κ1) is 13.1. The molecule has 0 aromatic heterocycles. The smallest absolute Gasteiger partial charge is 0.338 e. The number of ether oxygens (including phenoxy) is 2. The number of halogens is 2. The van der Waals surface area contributed by atoms with E-state index in [1.54, 1.807) is 24.3 Å². The van der Waals surface area contributed by atoms with Gasteiger partial charge in [0, 0.05) is 5.56 Å². The van der Waals surface area contributed by atoms with Gasteiger partial charge in [0.25, 0.3) is 0 Å². The van der Waals surface area contributed by atoms with Gasteiger partial charge in [-0.1, -0.05) is 35.3 Å². The Morgan fingerprint density at radius 1 is 1.10 bits per heavy atom. The minimum Gasteiger partial charge on any atom is -0.478 e. The van der Waals surface area contributed by atoms with Crippen molar-refractivity contribution in [1.82, 2.24) is 0 Å². The van der Waals surface area contributed by atoms with Crippen LogP contribution in [0.25, 0.3) is 11.1 Å². The molecular weight excluding hydrogens is 303 g/mol. The number of hydrogen-bond acceptors (Lipinski definition) is 3. The maximum Gasteiger partial charge on any atom is 0.338 e. The van der Waals surface area contributed by atoms with Gasteiger partial charge in [0.05, 0.1) is 15.6 Å². The lowest BCUT2D eigenvalue weighted by Crippen LogP contribution is -2.00. The molecule has 4 nitrogen and oxygen atoms in total. The van der Waals surface area contributed by atoms with Gasteiger partial charge in [-0.15, -0.1) is 0 Å². The highest BCUT2D eigenvalue weighted by Gasteiger charge is 2.20. The summed E-state index contributed by atoms with van der Waals surface area (Å²) >= 11 is 12.0. The van der Waals surface area contributed by atoms with Crippen molar-refractivity contribution in [1.29, 1.82) is 0 Å². The summed E-state index contributed by atoms with van der Waals surface area (Å²) in [7, 11) is 0. The quantitative estimate of drug-likeness (QED) is 0.907. The Bertz CT molecular complexity index is 713. The van der Waals surface area contributed by atoms with Gasteiger partial charge in [-0.3, -0.25) is 0 Å². The fraction of sp³-hybridized carbons (Fsp3) is 0.0714. The van der Waals surface area contributed by atoms with Crippen LogP contribution >= 0.6 is 23.2 Å². The molecule has 0 saturated heterocycles. The number of aromatic carboxylic acids is 1. The van der Waals surface area contributed by atoms with E-state index in [1.807, 2.05) is 0 Å². The highest BCUT2D eigenvalue weighted by atomic mass is 35.5. The first-order chi connectivity index (χ1) is 9.58. The summed E-state index contributed by atoms with van der Waals surface area (Å²) in [6, 6.07) is 8.48. The van der Waals surface area contributed by atoms with Crippen molar-refractivity contribution in [2.75, 3.05) is 6.79 Å². The van der Waals surface area contributed by atoms with Crippen molar-refractivity contribution in [3.8, 4) is 22.6 Å². The van der Waals surface area contributed by atoms with Crippen molar-refractivity contribution < 1.29 is 19.4 Å². The molecule has 0 unspecified atom stereocenters. The number of carboxylic acids is 1. The fourth-order valence-electron chi connectivity index (χ4n) is 2.04. The number of carboxylic acid groups (broad SMARTS) is 1. The van der Waals surface area contributed by atoms with Crippen molar-refractivity contribution in [2.45, 2.75) is 0 Å². The van der Waals surface area contributed by atoms with Crippen LogP contribution in [0.3, 0.4) is 0 Å². The number of hydrogen-bond donors (Lipinski definition) is 1. The number of rotatable bonds is 2. The number of fused-ring (bicyclic) bond motifs is 1. The van der Waals surface area contributed by atoms with E-state index in [0.717, 1.165) is 5.56 Å². The van der Waals surface area contributed by atoms with Crippen LogP contribution < -0.4 is 9.47 Å². The Morgan fingerprint density at radius 3 is 2.60 bits per heavy atom. The molecule has 0 spiro atoms. The second-order valence-electron chi connectivity index (χ2n) is 4.16. The molecular formula is C14H8Cl2O4. The SMILES string of the molecule is O=C(O)c1c(Cl)ccc(-c2ccc3c(c2)OCO3)c1Cl. The fourth-order valence-corrected chi connectivity index (χ4v) is 2.68. The normalized spacial score (nSPS) is 12.5. The predicted octanol–water partition coefficient (Wildman–Crippen LogP) is 4.09. The van der Waals surface area contributed by atoms with Gasteiger partial charge in [0.2, 0.25) is 6.79 Å². The van der Waals surface area contributed by atoms with E-state index >= 15 is 0 Å². The average Bonchev–Trinajstić information content (AvgIpc) is 2.85. The molecule has 3 rings (SSSR count). The van der Waals surface area contributed by atoms with Crippen LogP contribution in [0.1, 0.15) is 10.4 Å². The molecule has 6 heteroatoms. The second kappa shape index (κ2) is 4.89. The summed E-state index contributed by atoms with van der Waals surface area (Å²) in [6.07, 6.45) is 0. The summed E-state index contributed by atoms with van der Waals surface area (Å²) in [5, 5.41) is 9.36. The highest BCUT2D eigenvalue weighted by molar-refractivity contribution is 6.41. The first-order valence-electron chi connectivity index (χ1n) is 5.69. The molecule has 0 bridgehead atoms. The minimum absolute atomic E-state index is 0.101. The lowest BCUT2D eigenvalue weighted by Gasteiger charge is -2.09. The van der Waals surface area contributed by atoms with Crippen LogP contribution in [0, 0.1) is 0 Å². The Kier molecular flexibility index (Phi) is 3.20. The van der Waals surface area contributed by atoms with E-state index < -0.39 is 5.97 Å². The summed E-state index contributed by atoms with van der Waals surface area (Å²) in [6.45, 7) is 0.174. The molecule has 0 atom stereocenters. The molecule has 1 aliphatic rings. The maximum absolute atomic E-state index is 11.2. The second-order valence-corrected chi connectivity index (χ2v) is 4.94. The highest BCUT2D eigenvalue weighted by Crippen LogP contribution is 2.40. The van der Waals surface area contributed by atoms with Crippen LogP contribution in [-0.4, -0.2) is 17.9 Å². The third-order valence-corrected chi connectivity index (χ3v) is 3.70. The van der Waals surface area contributed by atoms with Gasteiger partial charge in [-0.2, -0.15) is 0 Å². The Labute approximate surface area is 124 Å². The first-order valence-corrected chi connectivity index (χ1v) is 6.45. The van der Waals surface area contributed by atoms with Gasteiger partial charge in [0.15, 0.2) is 11.5 Å². The Balaban J connectivity index is 2.15. The molecule has 102 valence electrons. The van der Waals surface area contributed by atoms with E-state index in [4.69, 9.17) is 37.8 Å². The van der Waals surface area contributed by atoms with Gasteiger partial charge < -0.3 is 14.6 Å². The molecule has 0 radical (unpaired) electrons. The Hall–Kier alpha value is -1.91. The zero-order valence-corrected chi connectivity index (χ0v) is 11.5. The number of benzene rings is 2. The zero-order chi connectivity index (χ0) is 14.3. The van der Waals surface area contributed by atoms with Crippen LogP contribution in [-0.2, 0) is 0 Å². The maximum atomic E-state index is 11.2.